The van der Waals surface area contributed by atoms with E-state index in [1.807, 2.05) is 24.3 Å². The van der Waals surface area contributed by atoms with Gasteiger partial charge in [-0.2, -0.15) is 17.4 Å². The van der Waals surface area contributed by atoms with E-state index >= 15 is 0 Å². The van der Waals surface area contributed by atoms with Gasteiger partial charge in [-0.15, -0.1) is 0 Å². The Bertz CT molecular complexity index is 576. The van der Waals surface area contributed by atoms with Gasteiger partial charge in [0.1, 0.15) is 12.4 Å². The summed E-state index contributed by atoms with van der Waals surface area (Å²) in [5, 5.41) is 0. The van der Waals surface area contributed by atoms with Gasteiger partial charge in [0.25, 0.3) is 10.2 Å². The first-order valence-corrected chi connectivity index (χ1v) is 7.66. The van der Waals surface area contributed by atoms with Crippen molar-refractivity contribution >= 4 is 26.1 Å². The number of hydrogen-bond acceptors (Lipinski definition) is 3. The maximum absolute atomic E-state index is 11.3. The lowest BCUT2D eigenvalue weighted by Gasteiger charge is -2.09. The Balaban J connectivity index is 2.33. The van der Waals surface area contributed by atoms with Crippen LogP contribution in [0.1, 0.15) is 0 Å². The molecule has 0 amide bonds. The topological polar surface area (TPSA) is 58.6 Å². The highest BCUT2D eigenvalue weighted by Gasteiger charge is 2.10. The van der Waals surface area contributed by atoms with E-state index in [-0.39, 0.29) is 13.2 Å². The quantitative estimate of drug-likeness (QED) is 0.815. The summed E-state index contributed by atoms with van der Waals surface area (Å²) < 4.78 is 32.4. The number of nitrogens with one attached hydrogen (secondary N) is 1. The third-order valence-electron chi connectivity index (χ3n) is 2.06. The Morgan fingerprint density at radius 1 is 1.37 bits per heavy atom. The van der Waals surface area contributed by atoms with Gasteiger partial charge in [-0.3, -0.25) is 0 Å². The second-order valence-corrected chi connectivity index (χ2v) is 6.59. The molecule has 5 nitrogen and oxygen atoms in total. The molecule has 0 spiro atoms. The van der Waals surface area contributed by atoms with Gasteiger partial charge < -0.3 is 4.74 Å². The molecule has 0 saturated heterocycles. The standard InChI is InChI=1S/C12H15BrN2O3S/c1-15(2)19(16,17)14-8-3-4-9-18-12-7-5-6-11(13)10-12/h5-7,10,14H,8-9H2,1-2H3. The van der Waals surface area contributed by atoms with E-state index in [1.165, 1.54) is 14.1 Å². The number of nitrogens with zero attached hydrogens (tertiary/aromatic N) is 1. The summed E-state index contributed by atoms with van der Waals surface area (Å²) in [5.74, 6) is 6.12. The molecule has 0 aliphatic heterocycles. The first-order chi connectivity index (χ1) is 8.92. The van der Waals surface area contributed by atoms with Gasteiger partial charge in [0.05, 0.1) is 6.54 Å². The predicted octanol–water partition coefficient (Wildman–Crippen LogP) is 1.23. The number of halogens is 1. The highest BCUT2D eigenvalue weighted by atomic mass is 79.9. The van der Waals surface area contributed by atoms with Crippen LogP contribution in [0.5, 0.6) is 5.75 Å². The molecule has 19 heavy (non-hydrogen) atoms. The monoisotopic (exact) mass is 346 g/mol. The predicted molar refractivity (Wildman–Crippen MR) is 78.0 cm³/mol. The molecule has 0 atom stereocenters. The van der Waals surface area contributed by atoms with E-state index in [1.54, 1.807) is 0 Å². The molecule has 0 unspecified atom stereocenters. The zero-order chi connectivity index (χ0) is 14.3. The third-order valence-corrected chi connectivity index (χ3v) is 4.02. The van der Waals surface area contributed by atoms with Crippen molar-refractivity contribution in [2.24, 2.45) is 0 Å². The highest BCUT2D eigenvalue weighted by Crippen LogP contribution is 2.17. The Morgan fingerprint density at radius 3 is 2.74 bits per heavy atom. The minimum Gasteiger partial charge on any atom is -0.481 e. The van der Waals surface area contributed by atoms with Gasteiger partial charge >= 0.3 is 0 Å². The van der Waals surface area contributed by atoms with E-state index in [0.717, 1.165) is 8.78 Å². The van der Waals surface area contributed by atoms with Crippen LogP contribution in [0, 0.1) is 11.8 Å². The molecule has 7 heteroatoms. The molecule has 0 saturated carbocycles. The molecule has 0 aliphatic rings. The van der Waals surface area contributed by atoms with Crippen molar-refractivity contribution in [3.8, 4) is 17.6 Å². The summed E-state index contributed by atoms with van der Waals surface area (Å²) >= 11 is 3.33. The van der Waals surface area contributed by atoms with Crippen LogP contribution < -0.4 is 9.46 Å². The smallest absolute Gasteiger partial charge is 0.279 e. The Morgan fingerprint density at radius 2 is 2.11 bits per heavy atom. The number of benzene rings is 1. The molecule has 0 radical (unpaired) electrons. The van der Waals surface area contributed by atoms with Gasteiger partial charge in [-0.05, 0) is 18.2 Å². The molecule has 0 heterocycles. The van der Waals surface area contributed by atoms with Gasteiger partial charge in [0.2, 0.25) is 0 Å². The number of ether oxygens (including phenoxy) is 1. The van der Waals surface area contributed by atoms with Crippen molar-refractivity contribution < 1.29 is 13.2 Å². The van der Waals surface area contributed by atoms with E-state index in [9.17, 15) is 8.42 Å². The fourth-order valence-electron chi connectivity index (χ4n) is 1.05. The second-order valence-electron chi connectivity index (χ2n) is 3.71. The van der Waals surface area contributed by atoms with Crippen molar-refractivity contribution in [3.63, 3.8) is 0 Å². The van der Waals surface area contributed by atoms with Crippen molar-refractivity contribution in [1.82, 2.24) is 9.03 Å². The van der Waals surface area contributed by atoms with E-state index in [2.05, 4.69) is 32.5 Å². The lowest BCUT2D eigenvalue weighted by Crippen LogP contribution is -2.35. The normalized spacial score (nSPS) is 10.9. The van der Waals surface area contributed by atoms with Crippen LogP contribution in [-0.4, -0.2) is 40.0 Å². The van der Waals surface area contributed by atoms with Gasteiger partial charge in [0, 0.05) is 18.6 Å². The minimum atomic E-state index is -3.41. The average molecular weight is 347 g/mol. The van der Waals surface area contributed by atoms with Crippen LogP contribution in [0.2, 0.25) is 0 Å². The van der Waals surface area contributed by atoms with Crippen LogP contribution >= 0.6 is 15.9 Å². The SMILES string of the molecule is CN(C)S(=O)(=O)NCC#CCOc1cccc(Br)c1. The van der Waals surface area contributed by atoms with Crippen molar-refractivity contribution in [2.75, 3.05) is 27.2 Å². The summed E-state index contributed by atoms with van der Waals surface area (Å²) in [6.07, 6.45) is 0. The van der Waals surface area contributed by atoms with Crippen molar-refractivity contribution in [1.29, 1.82) is 0 Å². The fourth-order valence-corrected chi connectivity index (χ4v) is 1.94. The summed E-state index contributed by atoms with van der Waals surface area (Å²) in [6, 6.07) is 7.41. The molecule has 0 aliphatic carbocycles. The van der Waals surface area contributed by atoms with Crippen molar-refractivity contribution in [3.05, 3.63) is 28.7 Å². The maximum atomic E-state index is 11.3. The van der Waals surface area contributed by atoms with E-state index in [0.29, 0.717) is 5.75 Å². The Hall–Kier alpha value is -1.07. The maximum Gasteiger partial charge on any atom is 0.279 e. The lowest BCUT2D eigenvalue weighted by atomic mass is 10.3. The van der Waals surface area contributed by atoms with Gasteiger partial charge in [0.15, 0.2) is 0 Å². The third kappa shape index (κ3) is 6.07. The molecule has 1 rings (SSSR count). The van der Waals surface area contributed by atoms with Crippen LogP contribution in [0.25, 0.3) is 0 Å². The van der Waals surface area contributed by atoms with Crippen LogP contribution in [0.4, 0.5) is 0 Å². The zero-order valence-electron chi connectivity index (χ0n) is 10.7. The largest absolute Gasteiger partial charge is 0.481 e. The van der Waals surface area contributed by atoms with Crippen LogP contribution in [0.3, 0.4) is 0 Å². The van der Waals surface area contributed by atoms with E-state index in [4.69, 9.17) is 4.74 Å². The molecule has 1 N–H and O–H groups in total. The summed E-state index contributed by atoms with van der Waals surface area (Å²) in [4.78, 5) is 0. The number of rotatable bonds is 5. The molecule has 1 aromatic carbocycles. The second kappa shape index (κ2) is 7.50. The average Bonchev–Trinajstić information content (AvgIpc) is 2.33. The van der Waals surface area contributed by atoms with Gasteiger partial charge in [-0.25, -0.2) is 0 Å². The summed E-state index contributed by atoms with van der Waals surface area (Å²) in [5.41, 5.74) is 0. The molecule has 0 bridgehead atoms. The first kappa shape index (κ1) is 16.0. The lowest BCUT2D eigenvalue weighted by molar-refractivity contribution is 0.370. The molecular formula is C12H15BrN2O3S. The zero-order valence-corrected chi connectivity index (χ0v) is 13.1. The summed E-state index contributed by atoms with van der Waals surface area (Å²) in [7, 11) is -0.508. The molecule has 104 valence electrons. The molecule has 0 fully saturated rings. The molecular weight excluding hydrogens is 332 g/mol. The van der Waals surface area contributed by atoms with Crippen LogP contribution in [-0.2, 0) is 10.2 Å². The Kier molecular flexibility index (Phi) is 6.31. The van der Waals surface area contributed by atoms with Gasteiger partial charge in [-0.1, -0.05) is 33.8 Å². The molecule has 1 aromatic rings. The van der Waals surface area contributed by atoms with Crippen LogP contribution in [0.15, 0.2) is 28.7 Å². The minimum absolute atomic E-state index is 0.0579. The number of hydrogen-bond donors (Lipinski definition) is 1. The first-order valence-electron chi connectivity index (χ1n) is 5.43. The fraction of sp³-hybridized carbons (Fsp3) is 0.333. The molecule has 0 aromatic heterocycles. The van der Waals surface area contributed by atoms with Crippen molar-refractivity contribution in [2.45, 2.75) is 0 Å². The highest BCUT2D eigenvalue weighted by molar-refractivity contribution is 9.10. The Labute approximate surface area is 122 Å². The van der Waals surface area contributed by atoms with E-state index < -0.39 is 10.2 Å². The summed E-state index contributed by atoms with van der Waals surface area (Å²) in [6.45, 7) is 0.266.